The summed E-state index contributed by atoms with van der Waals surface area (Å²) in [4.78, 5) is 18.1. The zero-order chi connectivity index (χ0) is 24.4. The molecule has 180 valence electrons. The summed E-state index contributed by atoms with van der Waals surface area (Å²) in [5.41, 5.74) is 9.89. The SMILES string of the molecule is Cc1nc(N)nc2c1-c1nc3c(C)ncc(c3s1)-c1cccc(F)c1OC[C@H]1C[C@@H](N2)[C@H](O)[C@@H]1O. The van der Waals surface area contributed by atoms with Crippen LogP contribution in [0.1, 0.15) is 17.8 Å². The second-order valence-electron chi connectivity index (χ2n) is 9.00. The molecule has 0 unspecified atom stereocenters. The van der Waals surface area contributed by atoms with Crippen LogP contribution in [-0.2, 0) is 0 Å². The van der Waals surface area contributed by atoms with E-state index in [0.717, 1.165) is 10.4 Å². The van der Waals surface area contributed by atoms with Gasteiger partial charge >= 0.3 is 0 Å². The number of ether oxygens (including phenoxy) is 1. The summed E-state index contributed by atoms with van der Waals surface area (Å²) in [5.74, 6) is -0.340. The van der Waals surface area contributed by atoms with Crippen molar-refractivity contribution in [3.8, 4) is 27.4 Å². The maximum Gasteiger partial charge on any atom is 0.222 e. The highest BCUT2D eigenvalue weighted by molar-refractivity contribution is 7.22. The number of anilines is 2. The van der Waals surface area contributed by atoms with Gasteiger partial charge in [0.25, 0.3) is 0 Å². The molecule has 1 saturated carbocycles. The van der Waals surface area contributed by atoms with Crippen LogP contribution in [0.2, 0.25) is 0 Å². The molecule has 1 aromatic carbocycles. The van der Waals surface area contributed by atoms with Crippen molar-refractivity contribution in [3.05, 3.63) is 41.6 Å². The van der Waals surface area contributed by atoms with Crippen LogP contribution in [0.5, 0.6) is 5.75 Å². The number of benzene rings is 1. The standard InChI is InChI=1S/C24H23FN6O3S/c1-9-16-22(31-24(26)28-9)29-15-6-11(18(32)19(15)33)8-34-20-12(4-3-5-14(20)25)13-7-27-10(2)17-21(13)35-23(16)30-17/h3-5,7,11,15,18-19,32-33H,6,8H2,1-2H3,(H3,26,28,29,31)/t11-,15-,18-,19+/m1/s1. The van der Waals surface area contributed by atoms with E-state index in [1.807, 2.05) is 13.8 Å². The monoisotopic (exact) mass is 494 g/mol. The van der Waals surface area contributed by atoms with Gasteiger partial charge in [0.1, 0.15) is 22.4 Å². The molecular formula is C24H23FN6O3S. The van der Waals surface area contributed by atoms with Gasteiger partial charge in [0, 0.05) is 23.2 Å². The lowest BCUT2D eigenvalue weighted by molar-refractivity contribution is 0.00691. The van der Waals surface area contributed by atoms with E-state index in [0.29, 0.717) is 45.1 Å². The van der Waals surface area contributed by atoms with Crippen molar-refractivity contribution in [2.24, 2.45) is 5.92 Å². The Labute approximate surface area is 203 Å². The number of nitrogens with zero attached hydrogens (tertiary/aromatic N) is 4. The second-order valence-corrected chi connectivity index (χ2v) is 10.00. The van der Waals surface area contributed by atoms with Gasteiger partial charge < -0.3 is 26.0 Å². The second kappa shape index (κ2) is 8.08. The van der Waals surface area contributed by atoms with Gasteiger partial charge in [0.15, 0.2) is 11.6 Å². The highest BCUT2D eigenvalue weighted by Crippen LogP contribution is 2.44. The zero-order valence-electron chi connectivity index (χ0n) is 19.0. The lowest BCUT2D eigenvalue weighted by Crippen LogP contribution is -2.36. The normalized spacial score (nSPS) is 23.3. The Morgan fingerprint density at radius 3 is 2.77 bits per heavy atom. The van der Waals surface area contributed by atoms with E-state index in [2.05, 4.69) is 20.3 Å². The number of aryl methyl sites for hydroxylation is 2. The molecule has 0 radical (unpaired) electrons. The molecule has 0 saturated heterocycles. The third-order valence-electron chi connectivity index (χ3n) is 6.75. The van der Waals surface area contributed by atoms with Gasteiger partial charge in [-0.3, -0.25) is 4.98 Å². The van der Waals surface area contributed by atoms with Gasteiger partial charge in [0.2, 0.25) is 5.95 Å². The van der Waals surface area contributed by atoms with E-state index in [4.69, 9.17) is 15.5 Å². The number of nitrogens with one attached hydrogen (secondary N) is 1. The minimum absolute atomic E-state index is 0.0263. The van der Waals surface area contributed by atoms with Crippen LogP contribution in [0.25, 0.3) is 31.9 Å². The minimum atomic E-state index is -1.08. The van der Waals surface area contributed by atoms with Crippen molar-refractivity contribution in [2.75, 3.05) is 17.7 Å². The van der Waals surface area contributed by atoms with Gasteiger partial charge in [-0.2, -0.15) is 4.98 Å². The first-order valence-corrected chi connectivity index (χ1v) is 12.1. The fourth-order valence-corrected chi connectivity index (χ4v) is 6.19. The topological polar surface area (TPSA) is 139 Å². The number of hydrogen-bond acceptors (Lipinski definition) is 10. The van der Waals surface area contributed by atoms with Crippen molar-refractivity contribution in [1.82, 2.24) is 19.9 Å². The van der Waals surface area contributed by atoms with Crippen LogP contribution < -0.4 is 15.8 Å². The predicted octanol–water partition coefficient (Wildman–Crippen LogP) is 3.07. The highest BCUT2D eigenvalue weighted by Gasteiger charge is 2.42. The van der Waals surface area contributed by atoms with E-state index in [1.54, 1.807) is 18.3 Å². The first-order chi connectivity index (χ1) is 16.8. The van der Waals surface area contributed by atoms with Gasteiger partial charge in [0.05, 0.1) is 40.4 Å². The van der Waals surface area contributed by atoms with Gasteiger partial charge in [-0.05, 0) is 26.3 Å². The van der Waals surface area contributed by atoms with Crippen LogP contribution >= 0.6 is 11.3 Å². The molecule has 5 N–H and O–H groups in total. The molecule has 1 aliphatic heterocycles. The van der Waals surface area contributed by atoms with Crippen molar-refractivity contribution >= 4 is 33.3 Å². The number of nitrogens with two attached hydrogens (primary N) is 1. The Morgan fingerprint density at radius 2 is 1.94 bits per heavy atom. The fourth-order valence-electron chi connectivity index (χ4n) is 4.95. The van der Waals surface area contributed by atoms with Crippen molar-refractivity contribution in [2.45, 2.75) is 38.5 Å². The number of hydrogen-bond donors (Lipinski definition) is 4. The molecule has 1 fully saturated rings. The molecule has 11 heteroatoms. The summed E-state index contributed by atoms with van der Waals surface area (Å²) in [6, 6.07) is 4.22. The smallest absolute Gasteiger partial charge is 0.222 e. The van der Waals surface area contributed by atoms with E-state index in [1.165, 1.54) is 17.4 Å². The number of pyridine rings is 1. The van der Waals surface area contributed by atoms with Crippen LogP contribution in [0.15, 0.2) is 24.4 Å². The molecular weight excluding hydrogens is 471 g/mol. The summed E-state index contributed by atoms with van der Waals surface area (Å²) in [6.45, 7) is 3.72. The zero-order valence-corrected chi connectivity index (χ0v) is 19.8. The number of para-hydroxylation sites is 1. The average molecular weight is 495 g/mol. The molecule has 3 aromatic heterocycles. The Hall–Kier alpha value is -3.41. The number of rotatable bonds is 0. The molecule has 35 heavy (non-hydrogen) atoms. The molecule has 6 rings (SSSR count). The Bertz CT molecular complexity index is 1480. The third-order valence-corrected chi connectivity index (χ3v) is 7.85. The number of aliphatic hydroxyl groups excluding tert-OH is 2. The Morgan fingerprint density at radius 1 is 1.11 bits per heavy atom. The lowest BCUT2D eigenvalue weighted by Gasteiger charge is -2.20. The predicted molar refractivity (Wildman–Crippen MR) is 131 cm³/mol. The maximum atomic E-state index is 15.0. The number of aliphatic hydroxyl groups is 2. The minimum Gasteiger partial charge on any atom is -0.489 e. The van der Waals surface area contributed by atoms with Crippen molar-refractivity contribution in [1.29, 1.82) is 0 Å². The summed E-state index contributed by atoms with van der Waals surface area (Å²) >= 11 is 1.42. The van der Waals surface area contributed by atoms with Crippen LogP contribution in [0, 0.1) is 25.6 Å². The molecule has 1 aliphatic carbocycles. The molecule has 4 aromatic rings. The highest BCUT2D eigenvalue weighted by atomic mass is 32.1. The quantitative estimate of drug-likeness (QED) is 0.290. The number of thiazole rings is 1. The van der Waals surface area contributed by atoms with Crippen LogP contribution in [0.4, 0.5) is 16.2 Å². The summed E-state index contributed by atoms with van der Waals surface area (Å²) < 4.78 is 21.8. The summed E-state index contributed by atoms with van der Waals surface area (Å²) in [7, 11) is 0. The van der Waals surface area contributed by atoms with E-state index < -0.39 is 30.0 Å². The van der Waals surface area contributed by atoms with E-state index in [9.17, 15) is 14.6 Å². The van der Waals surface area contributed by atoms with Gasteiger partial charge in [-0.25, -0.2) is 14.4 Å². The molecule has 4 bridgehead atoms. The van der Waals surface area contributed by atoms with Gasteiger partial charge in [-0.1, -0.05) is 12.1 Å². The first kappa shape index (κ1) is 22.1. The van der Waals surface area contributed by atoms with Crippen LogP contribution in [0.3, 0.4) is 0 Å². The molecule has 0 spiro atoms. The number of halogens is 1. The van der Waals surface area contributed by atoms with Crippen molar-refractivity contribution < 1.29 is 19.3 Å². The molecule has 4 atom stereocenters. The molecule has 0 amide bonds. The van der Waals surface area contributed by atoms with E-state index in [-0.39, 0.29) is 18.3 Å². The Balaban J connectivity index is 1.66. The molecule has 4 heterocycles. The maximum absolute atomic E-state index is 15.0. The number of fused-ring (bicyclic) bond motifs is 7. The summed E-state index contributed by atoms with van der Waals surface area (Å²) in [5, 5.41) is 25.4. The van der Waals surface area contributed by atoms with Crippen molar-refractivity contribution in [3.63, 3.8) is 0 Å². The van der Waals surface area contributed by atoms with Crippen LogP contribution in [-0.4, -0.2) is 55.0 Å². The summed E-state index contributed by atoms with van der Waals surface area (Å²) in [6.07, 6.45) is -0.0594. The average Bonchev–Trinajstić information content (AvgIpc) is 3.36. The lowest BCUT2D eigenvalue weighted by atomic mass is 10.0. The third kappa shape index (κ3) is 3.49. The first-order valence-electron chi connectivity index (χ1n) is 11.3. The Kier molecular flexibility index (Phi) is 5.09. The van der Waals surface area contributed by atoms with Gasteiger partial charge in [-0.15, -0.1) is 11.3 Å². The van der Waals surface area contributed by atoms with E-state index >= 15 is 0 Å². The number of aromatic nitrogens is 4. The largest absolute Gasteiger partial charge is 0.489 e. The molecule has 9 nitrogen and oxygen atoms in total. The number of nitrogen functional groups attached to an aromatic ring is 1. The molecule has 2 aliphatic rings. The fraction of sp³-hybridized carbons (Fsp3) is 0.333.